The standard InChI is InChI=1S/C13H11F2N5O/c14-9-2-1-8(5-10(9)15)12-18-13(21-19-12)11-6-20(4-3-16)7-17-11/h1-2,5-7H,3-4,16H2. The number of imidazole rings is 1. The molecule has 0 spiro atoms. The Balaban J connectivity index is 1.89. The van der Waals surface area contributed by atoms with Crippen molar-refractivity contribution < 1.29 is 13.3 Å². The lowest BCUT2D eigenvalue weighted by Gasteiger charge is -1.95. The highest BCUT2D eigenvalue weighted by Crippen LogP contribution is 2.22. The van der Waals surface area contributed by atoms with E-state index >= 15 is 0 Å². The summed E-state index contributed by atoms with van der Waals surface area (Å²) in [4.78, 5) is 8.24. The molecule has 1 aromatic carbocycles. The molecular weight excluding hydrogens is 280 g/mol. The lowest BCUT2D eigenvalue weighted by molar-refractivity contribution is 0.431. The zero-order chi connectivity index (χ0) is 14.8. The largest absolute Gasteiger partial charge is 0.335 e. The van der Waals surface area contributed by atoms with Crippen molar-refractivity contribution >= 4 is 0 Å². The summed E-state index contributed by atoms with van der Waals surface area (Å²) in [6.07, 6.45) is 3.32. The van der Waals surface area contributed by atoms with Crippen molar-refractivity contribution in [1.82, 2.24) is 19.7 Å². The molecule has 0 aliphatic heterocycles. The van der Waals surface area contributed by atoms with E-state index in [1.54, 1.807) is 17.1 Å². The van der Waals surface area contributed by atoms with Crippen LogP contribution >= 0.6 is 0 Å². The second-order valence-corrected chi connectivity index (χ2v) is 4.34. The van der Waals surface area contributed by atoms with Gasteiger partial charge in [-0.15, -0.1) is 0 Å². The minimum Gasteiger partial charge on any atom is -0.335 e. The number of halogens is 2. The number of rotatable bonds is 4. The summed E-state index contributed by atoms with van der Waals surface area (Å²) in [6.45, 7) is 1.11. The highest BCUT2D eigenvalue weighted by molar-refractivity contribution is 5.57. The van der Waals surface area contributed by atoms with E-state index in [0.29, 0.717) is 24.3 Å². The lowest BCUT2D eigenvalue weighted by Crippen LogP contribution is -2.07. The average Bonchev–Trinajstić information content (AvgIpc) is 3.11. The maximum atomic E-state index is 13.2. The van der Waals surface area contributed by atoms with Crippen molar-refractivity contribution in [3.63, 3.8) is 0 Å². The van der Waals surface area contributed by atoms with Crippen molar-refractivity contribution in [2.75, 3.05) is 6.54 Å². The molecule has 0 fully saturated rings. The third-order valence-corrected chi connectivity index (χ3v) is 2.84. The second-order valence-electron chi connectivity index (χ2n) is 4.34. The number of hydrogen-bond acceptors (Lipinski definition) is 5. The summed E-state index contributed by atoms with van der Waals surface area (Å²) in [6, 6.07) is 3.40. The predicted molar refractivity (Wildman–Crippen MR) is 69.9 cm³/mol. The summed E-state index contributed by atoms with van der Waals surface area (Å²) in [5.74, 6) is -1.53. The number of hydrogen-bond donors (Lipinski definition) is 1. The smallest absolute Gasteiger partial charge is 0.278 e. The first kappa shape index (κ1) is 13.4. The molecule has 0 amide bonds. The summed E-state index contributed by atoms with van der Waals surface area (Å²) in [5.41, 5.74) is 6.26. The van der Waals surface area contributed by atoms with Crippen molar-refractivity contribution in [3.05, 3.63) is 42.4 Å². The summed E-state index contributed by atoms with van der Waals surface area (Å²) >= 11 is 0. The molecule has 0 saturated carbocycles. The van der Waals surface area contributed by atoms with Gasteiger partial charge < -0.3 is 14.8 Å². The summed E-state index contributed by atoms with van der Waals surface area (Å²) in [5, 5.41) is 3.74. The molecule has 0 saturated heterocycles. The summed E-state index contributed by atoms with van der Waals surface area (Å²) < 4.78 is 33.0. The minimum absolute atomic E-state index is 0.164. The van der Waals surface area contributed by atoms with Crippen LogP contribution in [0.25, 0.3) is 23.0 Å². The second kappa shape index (κ2) is 5.41. The number of benzene rings is 1. The van der Waals surface area contributed by atoms with Gasteiger partial charge in [0.05, 0.1) is 6.33 Å². The highest BCUT2D eigenvalue weighted by atomic mass is 19.2. The highest BCUT2D eigenvalue weighted by Gasteiger charge is 2.14. The maximum absolute atomic E-state index is 13.2. The Morgan fingerprint density at radius 1 is 1.24 bits per heavy atom. The van der Waals surface area contributed by atoms with E-state index in [9.17, 15) is 8.78 Å². The van der Waals surface area contributed by atoms with Crippen molar-refractivity contribution in [2.24, 2.45) is 5.73 Å². The van der Waals surface area contributed by atoms with E-state index < -0.39 is 11.6 Å². The van der Waals surface area contributed by atoms with Crippen LogP contribution in [0.2, 0.25) is 0 Å². The van der Waals surface area contributed by atoms with Crippen LogP contribution in [0.4, 0.5) is 8.78 Å². The number of nitrogens with zero attached hydrogens (tertiary/aromatic N) is 4. The van der Waals surface area contributed by atoms with Crippen LogP contribution in [0.1, 0.15) is 0 Å². The monoisotopic (exact) mass is 291 g/mol. The molecule has 0 aliphatic carbocycles. The topological polar surface area (TPSA) is 82.8 Å². The quantitative estimate of drug-likeness (QED) is 0.793. The van der Waals surface area contributed by atoms with Gasteiger partial charge >= 0.3 is 0 Å². The lowest BCUT2D eigenvalue weighted by atomic mass is 10.2. The predicted octanol–water partition coefficient (Wildman–Crippen LogP) is 1.84. The van der Waals surface area contributed by atoms with E-state index in [1.807, 2.05) is 0 Å². The summed E-state index contributed by atoms with van der Waals surface area (Å²) in [7, 11) is 0. The Kier molecular flexibility index (Phi) is 3.44. The molecule has 0 bridgehead atoms. The van der Waals surface area contributed by atoms with Gasteiger partial charge in [0, 0.05) is 24.8 Å². The van der Waals surface area contributed by atoms with Gasteiger partial charge in [-0.1, -0.05) is 5.16 Å². The van der Waals surface area contributed by atoms with Crippen LogP contribution in [0.5, 0.6) is 0 Å². The fourth-order valence-electron chi connectivity index (χ4n) is 1.82. The molecular formula is C13H11F2N5O. The Labute approximate surface area is 118 Å². The number of aromatic nitrogens is 4. The molecule has 3 aromatic rings. The molecule has 6 nitrogen and oxygen atoms in total. The number of nitrogens with two attached hydrogens (primary N) is 1. The molecule has 2 N–H and O–H groups in total. The van der Waals surface area contributed by atoms with Gasteiger partial charge in [0.2, 0.25) is 5.82 Å². The van der Waals surface area contributed by atoms with Gasteiger partial charge in [-0.25, -0.2) is 13.8 Å². The van der Waals surface area contributed by atoms with Crippen LogP contribution in [0, 0.1) is 11.6 Å². The van der Waals surface area contributed by atoms with Crippen LogP contribution in [-0.4, -0.2) is 26.2 Å². The molecule has 2 aromatic heterocycles. The first-order valence-corrected chi connectivity index (χ1v) is 6.18. The fourth-order valence-corrected chi connectivity index (χ4v) is 1.82. The Hall–Kier alpha value is -2.61. The van der Waals surface area contributed by atoms with Crippen LogP contribution in [0.3, 0.4) is 0 Å². The van der Waals surface area contributed by atoms with Gasteiger partial charge in [-0.3, -0.25) is 0 Å². The Morgan fingerprint density at radius 2 is 2.10 bits per heavy atom. The normalized spacial score (nSPS) is 11.0. The van der Waals surface area contributed by atoms with Gasteiger partial charge in [0.15, 0.2) is 11.6 Å². The fraction of sp³-hybridized carbons (Fsp3) is 0.154. The molecule has 0 aliphatic rings. The molecule has 108 valence electrons. The minimum atomic E-state index is -0.967. The Morgan fingerprint density at radius 3 is 2.86 bits per heavy atom. The zero-order valence-corrected chi connectivity index (χ0v) is 10.8. The van der Waals surface area contributed by atoms with Gasteiger partial charge in [0.1, 0.15) is 5.69 Å². The zero-order valence-electron chi connectivity index (χ0n) is 10.8. The van der Waals surface area contributed by atoms with Gasteiger partial charge in [-0.2, -0.15) is 4.98 Å². The van der Waals surface area contributed by atoms with E-state index in [2.05, 4.69) is 15.1 Å². The Bertz CT molecular complexity index is 768. The first-order chi connectivity index (χ1) is 10.2. The molecule has 0 radical (unpaired) electrons. The SMILES string of the molecule is NCCn1cnc(-c2nc(-c3ccc(F)c(F)c3)no2)c1. The average molecular weight is 291 g/mol. The maximum Gasteiger partial charge on any atom is 0.278 e. The van der Waals surface area contributed by atoms with Crippen LogP contribution in [-0.2, 0) is 6.54 Å². The first-order valence-electron chi connectivity index (χ1n) is 6.18. The van der Waals surface area contributed by atoms with Gasteiger partial charge in [0.25, 0.3) is 5.89 Å². The molecule has 0 unspecified atom stereocenters. The van der Waals surface area contributed by atoms with Gasteiger partial charge in [-0.05, 0) is 18.2 Å². The van der Waals surface area contributed by atoms with E-state index in [0.717, 1.165) is 12.1 Å². The van der Waals surface area contributed by atoms with Crippen LogP contribution < -0.4 is 5.73 Å². The molecule has 21 heavy (non-hydrogen) atoms. The molecule has 0 atom stereocenters. The third-order valence-electron chi connectivity index (χ3n) is 2.84. The van der Waals surface area contributed by atoms with E-state index in [1.165, 1.54) is 6.07 Å². The van der Waals surface area contributed by atoms with Crippen LogP contribution in [0.15, 0.2) is 35.2 Å². The van der Waals surface area contributed by atoms with E-state index in [4.69, 9.17) is 10.3 Å². The van der Waals surface area contributed by atoms with Crippen molar-refractivity contribution in [2.45, 2.75) is 6.54 Å². The molecule has 8 heteroatoms. The third kappa shape index (κ3) is 2.65. The molecule has 3 rings (SSSR count). The molecule has 2 heterocycles. The van der Waals surface area contributed by atoms with Crippen molar-refractivity contribution in [1.29, 1.82) is 0 Å². The van der Waals surface area contributed by atoms with Crippen molar-refractivity contribution in [3.8, 4) is 23.0 Å². The van der Waals surface area contributed by atoms with E-state index in [-0.39, 0.29) is 11.7 Å².